The summed E-state index contributed by atoms with van der Waals surface area (Å²) in [6, 6.07) is 13.5. The first kappa shape index (κ1) is 21.2. The number of fused-ring (bicyclic) bond motifs is 1. The molecule has 0 fully saturated rings. The number of thioether (sulfide) groups is 1. The molecule has 5 heteroatoms. The summed E-state index contributed by atoms with van der Waals surface area (Å²) in [5, 5.41) is 1.62. The van der Waals surface area contributed by atoms with E-state index < -0.39 is 5.97 Å². The number of benzene rings is 2. The summed E-state index contributed by atoms with van der Waals surface area (Å²) in [6.07, 6.45) is 2.00. The lowest BCUT2D eigenvalue weighted by atomic mass is 10.1. The molecule has 4 nitrogen and oxygen atoms in total. The molecule has 0 N–H and O–H groups in total. The molecule has 0 radical (unpaired) electrons. The molecule has 27 heavy (non-hydrogen) atoms. The lowest BCUT2D eigenvalue weighted by molar-refractivity contribution is -0.139. The third-order valence-corrected chi connectivity index (χ3v) is 5.02. The van der Waals surface area contributed by atoms with Crippen LogP contribution < -0.4 is 0 Å². The van der Waals surface area contributed by atoms with Gasteiger partial charge in [0.25, 0.3) is 0 Å². The molecule has 2 rings (SSSR count). The average molecular weight is 387 g/mol. The second-order valence-corrected chi connectivity index (χ2v) is 7.63. The van der Waals surface area contributed by atoms with E-state index in [1.54, 1.807) is 6.92 Å². The molecule has 2 aromatic rings. The van der Waals surface area contributed by atoms with Gasteiger partial charge in [-0.25, -0.2) is 4.79 Å². The summed E-state index contributed by atoms with van der Waals surface area (Å²) in [7, 11) is 0. The molecule has 0 aliphatic carbocycles. The van der Waals surface area contributed by atoms with Crippen LogP contribution in [0.25, 0.3) is 10.8 Å². The quantitative estimate of drug-likeness (QED) is 0.326. The van der Waals surface area contributed by atoms with Crippen LogP contribution in [-0.2, 0) is 14.3 Å². The van der Waals surface area contributed by atoms with Crippen molar-refractivity contribution >= 4 is 33.6 Å². The van der Waals surface area contributed by atoms with Gasteiger partial charge in [0.05, 0.1) is 11.9 Å². The molecular formula is C22H26O4S. The van der Waals surface area contributed by atoms with E-state index in [4.69, 9.17) is 9.47 Å². The molecule has 2 aromatic carbocycles. The smallest absolute Gasteiger partial charge is 0.333 e. The maximum atomic E-state index is 12.9. The summed E-state index contributed by atoms with van der Waals surface area (Å²) in [5.74, 6) is -0.452. The lowest BCUT2D eigenvalue weighted by Gasteiger charge is -2.17. The van der Waals surface area contributed by atoms with Crippen molar-refractivity contribution in [3.63, 3.8) is 0 Å². The Morgan fingerprint density at radius 3 is 2.59 bits per heavy atom. The van der Waals surface area contributed by atoms with Crippen LogP contribution in [0.2, 0.25) is 0 Å². The van der Waals surface area contributed by atoms with Crippen LogP contribution >= 0.6 is 11.8 Å². The molecule has 144 valence electrons. The summed E-state index contributed by atoms with van der Waals surface area (Å²) >= 11 is 1.15. The summed E-state index contributed by atoms with van der Waals surface area (Å²) in [4.78, 5) is 24.6. The van der Waals surface area contributed by atoms with Gasteiger partial charge < -0.3 is 9.47 Å². The number of ether oxygens (including phenoxy) is 2. The molecule has 0 aliphatic rings. The number of carbonyl (C=O) groups excluding carboxylic acids is 2. The second-order valence-electron chi connectivity index (χ2n) is 6.36. The fraction of sp³-hybridized carbons (Fsp3) is 0.364. The van der Waals surface area contributed by atoms with E-state index in [1.165, 1.54) is 0 Å². The van der Waals surface area contributed by atoms with Gasteiger partial charge in [-0.05, 0) is 30.2 Å². The normalized spacial score (nSPS) is 11.9. The number of unbranched alkanes of at least 4 members (excludes halogenated alkanes) is 1. The Balaban J connectivity index is 2.08. The van der Waals surface area contributed by atoms with Gasteiger partial charge in [-0.15, -0.1) is 0 Å². The Morgan fingerprint density at radius 2 is 1.85 bits per heavy atom. The molecule has 0 saturated carbocycles. The molecule has 0 saturated heterocycles. The van der Waals surface area contributed by atoms with Crippen LogP contribution in [0.4, 0.5) is 0 Å². The summed E-state index contributed by atoms with van der Waals surface area (Å²) in [5.41, 5.74) is 0.994. The summed E-state index contributed by atoms with van der Waals surface area (Å²) < 4.78 is 10.9. The van der Waals surface area contributed by atoms with Crippen molar-refractivity contribution < 1.29 is 19.1 Å². The minimum atomic E-state index is -0.452. The maximum absolute atomic E-state index is 12.9. The topological polar surface area (TPSA) is 52.6 Å². The third-order valence-electron chi connectivity index (χ3n) is 3.98. The number of esters is 1. The standard InChI is InChI=1S/C22H26O4S/c1-4-5-13-25-14-18(15-26-21(23)16(2)3)27-22(24)20-12-8-10-17-9-6-7-11-19(17)20/h6-12,18H,2,4-5,13-15H2,1,3H3. The average Bonchev–Trinajstić information content (AvgIpc) is 2.68. The minimum Gasteiger partial charge on any atom is -0.461 e. The number of hydrogen-bond donors (Lipinski definition) is 0. The third kappa shape index (κ3) is 6.52. The molecular weight excluding hydrogens is 360 g/mol. The SMILES string of the molecule is C=C(C)C(=O)OCC(COCCCC)SC(=O)c1cccc2ccccc12. The Labute approximate surface area is 164 Å². The van der Waals surface area contributed by atoms with Crippen molar-refractivity contribution in [1.82, 2.24) is 0 Å². The van der Waals surface area contributed by atoms with Crippen molar-refractivity contribution in [1.29, 1.82) is 0 Å². The Bertz CT molecular complexity index is 795. The van der Waals surface area contributed by atoms with Gasteiger partial charge in [-0.2, -0.15) is 0 Å². The highest BCUT2D eigenvalue weighted by Gasteiger charge is 2.20. The van der Waals surface area contributed by atoms with Gasteiger partial charge in [-0.1, -0.05) is 68.1 Å². The van der Waals surface area contributed by atoms with Crippen molar-refractivity contribution in [3.05, 3.63) is 60.2 Å². The van der Waals surface area contributed by atoms with E-state index in [2.05, 4.69) is 13.5 Å². The van der Waals surface area contributed by atoms with Gasteiger partial charge in [0.2, 0.25) is 5.12 Å². The first-order valence-corrected chi connectivity index (χ1v) is 10.00. The molecule has 1 atom stereocenters. The Morgan fingerprint density at radius 1 is 1.11 bits per heavy atom. The van der Waals surface area contributed by atoms with Gasteiger partial charge in [0, 0.05) is 17.7 Å². The maximum Gasteiger partial charge on any atom is 0.333 e. The monoisotopic (exact) mass is 386 g/mol. The van der Waals surface area contributed by atoms with Crippen molar-refractivity contribution in [2.45, 2.75) is 31.9 Å². The molecule has 0 spiro atoms. The van der Waals surface area contributed by atoms with Crippen LogP contribution in [0, 0.1) is 0 Å². The van der Waals surface area contributed by atoms with E-state index >= 15 is 0 Å². The number of hydrogen-bond acceptors (Lipinski definition) is 5. The predicted octanol–water partition coefficient (Wildman–Crippen LogP) is 5.02. The highest BCUT2D eigenvalue weighted by Crippen LogP contribution is 2.25. The number of rotatable bonds is 10. The molecule has 0 amide bonds. The van der Waals surface area contributed by atoms with E-state index in [0.717, 1.165) is 35.4 Å². The van der Waals surface area contributed by atoms with Gasteiger partial charge in [0.15, 0.2) is 0 Å². The van der Waals surface area contributed by atoms with Crippen molar-refractivity contribution in [2.75, 3.05) is 19.8 Å². The van der Waals surface area contributed by atoms with Crippen LogP contribution in [-0.4, -0.2) is 36.2 Å². The zero-order valence-corrected chi connectivity index (χ0v) is 16.7. The van der Waals surface area contributed by atoms with Crippen LogP contribution in [0.3, 0.4) is 0 Å². The molecule has 1 unspecified atom stereocenters. The highest BCUT2D eigenvalue weighted by atomic mass is 32.2. The molecule has 0 aromatic heterocycles. The zero-order chi connectivity index (χ0) is 19.6. The largest absolute Gasteiger partial charge is 0.461 e. The first-order chi connectivity index (χ1) is 13.0. The Kier molecular flexibility index (Phi) is 8.55. The first-order valence-electron chi connectivity index (χ1n) is 9.12. The van der Waals surface area contributed by atoms with Crippen molar-refractivity contribution in [3.8, 4) is 0 Å². The van der Waals surface area contributed by atoms with Crippen LogP contribution in [0.15, 0.2) is 54.6 Å². The fourth-order valence-electron chi connectivity index (χ4n) is 2.49. The highest BCUT2D eigenvalue weighted by molar-refractivity contribution is 8.14. The van der Waals surface area contributed by atoms with E-state index in [1.807, 2.05) is 42.5 Å². The second kappa shape index (κ2) is 10.9. The number of carbonyl (C=O) groups is 2. The van der Waals surface area contributed by atoms with Gasteiger partial charge in [0.1, 0.15) is 6.61 Å². The van der Waals surface area contributed by atoms with Crippen molar-refractivity contribution in [2.24, 2.45) is 0 Å². The van der Waals surface area contributed by atoms with Gasteiger partial charge >= 0.3 is 5.97 Å². The van der Waals surface area contributed by atoms with E-state index in [-0.39, 0.29) is 17.0 Å². The van der Waals surface area contributed by atoms with Crippen LogP contribution in [0.1, 0.15) is 37.0 Å². The lowest BCUT2D eigenvalue weighted by Crippen LogP contribution is -2.23. The van der Waals surface area contributed by atoms with E-state index in [0.29, 0.717) is 24.4 Å². The molecule has 0 heterocycles. The van der Waals surface area contributed by atoms with Crippen LogP contribution in [0.5, 0.6) is 0 Å². The zero-order valence-electron chi connectivity index (χ0n) is 15.9. The van der Waals surface area contributed by atoms with E-state index in [9.17, 15) is 9.59 Å². The Hall–Kier alpha value is -2.11. The minimum absolute atomic E-state index is 0.0535. The molecule has 0 aliphatic heterocycles. The van der Waals surface area contributed by atoms with Gasteiger partial charge in [-0.3, -0.25) is 4.79 Å². The molecule has 0 bridgehead atoms. The predicted molar refractivity (Wildman–Crippen MR) is 111 cm³/mol. The fourth-order valence-corrected chi connectivity index (χ4v) is 3.40. The summed E-state index contributed by atoms with van der Waals surface area (Å²) in [6.45, 7) is 8.37.